The van der Waals surface area contributed by atoms with Gasteiger partial charge in [0.1, 0.15) is 11.4 Å². The number of nitrogens with one attached hydrogen (secondary N) is 1. The molecule has 0 spiro atoms. The van der Waals surface area contributed by atoms with Crippen LogP contribution in [0.3, 0.4) is 0 Å². The van der Waals surface area contributed by atoms with Crippen LogP contribution in [0.4, 0.5) is 5.13 Å². The highest BCUT2D eigenvalue weighted by Gasteiger charge is 2.28. The number of nitrogens with zero attached hydrogens (tertiary/aromatic N) is 1. The molecule has 0 radical (unpaired) electrons. The van der Waals surface area contributed by atoms with Gasteiger partial charge >= 0.3 is 5.97 Å². The molecule has 1 heterocycles. The van der Waals surface area contributed by atoms with Crippen LogP contribution >= 0.6 is 22.9 Å². The van der Waals surface area contributed by atoms with Gasteiger partial charge in [0.15, 0.2) is 5.13 Å². The summed E-state index contributed by atoms with van der Waals surface area (Å²) in [6.07, 6.45) is 2.25. The molecule has 2 atom stereocenters. The van der Waals surface area contributed by atoms with Crippen molar-refractivity contribution in [1.82, 2.24) is 4.98 Å². The lowest BCUT2D eigenvalue weighted by Crippen LogP contribution is -2.21. The van der Waals surface area contributed by atoms with E-state index in [9.17, 15) is 13.2 Å². The third-order valence-corrected chi connectivity index (χ3v) is 6.86. The summed E-state index contributed by atoms with van der Waals surface area (Å²) in [7, 11) is -3.91. The molecule has 0 fully saturated rings. The van der Waals surface area contributed by atoms with Crippen LogP contribution in [-0.4, -0.2) is 19.4 Å². The zero-order chi connectivity index (χ0) is 20.2. The van der Waals surface area contributed by atoms with Crippen molar-refractivity contribution in [2.24, 2.45) is 5.73 Å². The molecule has 27 heavy (non-hydrogen) atoms. The van der Waals surface area contributed by atoms with Crippen molar-refractivity contribution in [1.29, 1.82) is 0 Å². The fourth-order valence-electron chi connectivity index (χ4n) is 2.49. The van der Waals surface area contributed by atoms with Gasteiger partial charge in [0, 0.05) is 24.7 Å². The van der Waals surface area contributed by atoms with Gasteiger partial charge in [0.25, 0.3) is 0 Å². The monoisotopic (exact) mass is 429 g/mol. The van der Waals surface area contributed by atoms with Crippen LogP contribution in [-0.2, 0) is 26.1 Å². The number of esters is 1. The van der Waals surface area contributed by atoms with E-state index < -0.39 is 27.3 Å². The average Bonchev–Trinajstić information content (AvgIpc) is 3.02. The second-order valence-corrected chi connectivity index (χ2v) is 8.91. The maximum Gasteiger partial charge on any atom is 0.303 e. The molecule has 0 saturated carbocycles. The maximum absolute atomic E-state index is 12.9. The van der Waals surface area contributed by atoms with E-state index in [1.165, 1.54) is 19.2 Å². The topological polar surface area (TPSA) is 111 Å². The molecule has 0 amide bonds. The molecule has 2 aromatic rings. The Kier molecular flexibility index (Phi) is 6.99. The summed E-state index contributed by atoms with van der Waals surface area (Å²) in [5.41, 5.74) is 6.73. The van der Waals surface area contributed by atoms with Crippen LogP contribution < -0.4 is 10.5 Å². The number of ether oxygens (including phenoxy) is 1. The van der Waals surface area contributed by atoms with E-state index in [-0.39, 0.29) is 11.7 Å². The van der Waals surface area contributed by atoms with E-state index in [4.69, 9.17) is 22.1 Å². The molecule has 2 rings (SSSR count). The Hall–Kier alpha value is -1.94. The van der Waals surface area contributed by atoms with E-state index in [2.05, 4.69) is 16.3 Å². The number of carbonyl (C=O) groups is 1. The van der Waals surface area contributed by atoms with E-state index >= 15 is 0 Å². The van der Waals surface area contributed by atoms with Crippen molar-refractivity contribution in [3.05, 3.63) is 58.1 Å². The molecule has 0 bridgehead atoms. The highest BCUT2D eigenvalue weighted by Crippen LogP contribution is 2.33. The van der Waals surface area contributed by atoms with Gasteiger partial charge < -0.3 is 10.5 Å². The van der Waals surface area contributed by atoms with Crippen LogP contribution in [0.15, 0.2) is 37.1 Å². The molecule has 3 N–H and O–H groups in total. The summed E-state index contributed by atoms with van der Waals surface area (Å²) < 4.78 is 33.3. The lowest BCUT2D eigenvalue weighted by molar-refractivity contribution is -0.145. The van der Waals surface area contributed by atoms with Gasteiger partial charge in [-0.15, -0.1) is 6.58 Å². The molecule has 1 aromatic carbocycles. The number of aromatic nitrogens is 1. The second kappa shape index (κ2) is 8.83. The largest absolute Gasteiger partial charge is 0.457 e. The number of anilines is 1. The smallest absolute Gasteiger partial charge is 0.303 e. The van der Waals surface area contributed by atoms with Crippen LogP contribution in [0, 0.1) is 0 Å². The van der Waals surface area contributed by atoms with Crippen LogP contribution in [0.25, 0.3) is 0 Å². The molecular weight excluding hydrogens is 410 g/mol. The summed E-state index contributed by atoms with van der Waals surface area (Å²) in [6.45, 7) is 6.71. The van der Waals surface area contributed by atoms with E-state index in [1.807, 2.05) is 0 Å². The first kappa shape index (κ1) is 21.4. The number of sulfonamides is 1. The minimum absolute atomic E-state index is 0.0934. The van der Waals surface area contributed by atoms with Crippen molar-refractivity contribution >= 4 is 44.1 Å². The number of hydrogen-bond acceptors (Lipinski definition) is 7. The molecule has 0 aliphatic rings. The van der Waals surface area contributed by atoms with Crippen molar-refractivity contribution in [3.8, 4) is 0 Å². The number of halogens is 1. The number of hydrogen-bond donors (Lipinski definition) is 2. The van der Waals surface area contributed by atoms with E-state index in [1.54, 1.807) is 25.1 Å². The number of thiazole rings is 1. The summed E-state index contributed by atoms with van der Waals surface area (Å²) in [5, 5.41) is -0.510. The second-order valence-electron chi connectivity index (χ2n) is 5.63. The zero-order valence-corrected chi connectivity index (χ0v) is 17.2. The van der Waals surface area contributed by atoms with E-state index in [0.29, 0.717) is 21.0 Å². The summed E-state index contributed by atoms with van der Waals surface area (Å²) in [6, 6.07) is 4.96. The predicted octanol–water partition coefficient (Wildman–Crippen LogP) is 3.55. The van der Waals surface area contributed by atoms with Crippen molar-refractivity contribution in [2.75, 3.05) is 4.72 Å². The quantitative estimate of drug-likeness (QED) is 0.490. The van der Waals surface area contributed by atoms with Crippen LogP contribution in [0.5, 0.6) is 0 Å². The van der Waals surface area contributed by atoms with Gasteiger partial charge in [0.2, 0.25) is 10.0 Å². The third kappa shape index (κ3) is 5.07. The van der Waals surface area contributed by atoms with Gasteiger partial charge in [-0.2, -0.15) is 0 Å². The highest BCUT2D eigenvalue weighted by molar-refractivity contribution is 7.93. The van der Waals surface area contributed by atoms with Crippen molar-refractivity contribution in [2.45, 2.75) is 31.7 Å². The standard InChI is InChI=1S/C17H20ClN3O4S2/c1-4-16(12-6-5-7-14(18)13(12)8-19)27(23,24)21-17-20-9-15(26-17)10(2)25-11(3)22/h4-7,9-10,16H,1,8,19H2,2-3H3,(H,20,21). The Labute approximate surface area is 167 Å². The molecule has 1 aromatic heterocycles. The molecular formula is C17H20ClN3O4S2. The van der Waals surface area contributed by atoms with Crippen molar-refractivity contribution in [3.63, 3.8) is 0 Å². The zero-order valence-electron chi connectivity index (χ0n) is 14.8. The number of carbonyl (C=O) groups excluding carboxylic acids is 1. The number of nitrogens with two attached hydrogens (primary N) is 1. The molecule has 10 heteroatoms. The third-order valence-electron chi connectivity index (χ3n) is 3.71. The van der Waals surface area contributed by atoms with Crippen LogP contribution in [0.1, 0.15) is 41.2 Å². The van der Waals surface area contributed by atoms with Gasteiger partial charge in [-0.1, -0.05) is 41.1 Å². The molecule has 0 aliphatic heterocycles. The lowest BCUT2D eigenvalue weighted by atomic mass is 10.0. The molecule has 146 valence electrons. The minimum atomic E-state index is -3.91. The Morgan fingerprint density at radius 3 is 2.81 bits per heavy atom. The van der Waals surface area contributed by atoms with Gasteiger partial charge in [-0.25, -0.2) is 13.4 Å². The lowest BCUT2D eigenvalue weighted by Gasteiger charge is -2.18. The maximum atomic E-state index is 12.9. The van der Waals surface area contributed by atoms with Gasteiger partial charge in [-0.3, -0.25) is 9.52 Å². The normalized spacial score (nSPS) is 13.6. The SMILES string of the molecule is C=CC(c1cccc(Cl)c1CN)S(=O)(=O)Nc1ncc(C(C)OC(C)=O)s1. The molecule has 7 nitrogen and oxygen atoms in total. The number of rotatable bonds is 8. The van der Waals surface area contributed by atoms with Crippen LogP contribution in [0.2, 0.25) is 5.02 Å². The summed E-state index contributed by atoms with van der Waals surface area (Å²) >= 11 is 7.22. The first-order chi connectivity index (χ1) is 12.7. The average molecular weight is 430 g/mol. The molecule has 0 saturated heterocycles. The molecule has 0 aliphatic carbocycles. The van der Waals surface area contributed by atoms with E-state index in [0.717, 1.165) is 11.3 Å². The Morgan fingerprint density at radius 2 is 2.22 bits per heavy atom. The van der Waals surface area contributed by atoms with Crippen molar-refractivity contribution < 1.29 is 17.9 Å². The first-order valence-corrected chi connectivity index (χ1v) is 10.7. The number of benzene rings is 1. The Balaban J connectivity index is 2.30. The summed E-state index contributed by atoms with van der Waals surface area (Å²) in [4.78, 5) is 15.7. The summed E-state index contributed by atoms with van der Waals surface area (Å²) in [5.74, 6) is -0.431. The predicted molar refractivity (Wildman–Crippen MR) is 107 cm³/mol. The molecule has 2 unspecified atom stereocenters. The highest BCUT2D eigenvalue weighted by atomic mass is 35.5. The first-order valence-electron chi connectivity index (χ1n) is 7.94. The fourth-order valence-corrected chi connectivity index (χ4v) is 5.15. The fraction of sp³-hybridized carbons (Fsp3) is 0.294. The Morgan fingerprint density at radius 1 is 1.52 bits per heavy atom. The Bertz CT molecular complexity index is 943. The van der Waals surface area contributed by atoms with Gasteiger partial charge in [-0.05, 0) is 24.1 Å². The minimum Gasteiger partial charge on any atom is -0.457 e. The van der Waals surface area contributed by atoms with Gasteiger partial charge in [0.05, 0.1) is 4.88 Å².